The predicted molar refractivity (Wildman–Crippen MR) is 57.1 cm³/mol. The Balaban J connectivity index is 2.22. The van der Waals surface area contributed by atoms with Crippen molar-refractivity contribution in [3.63, 3.8) is 0 Å². The molecule has 1 aliphatic heterocycles. The molecule has 5 nitrogen and oxygen atoms in total. The minimum absolute atomic E-state index is 0.197. The molecule has 0 saturated carbocycles. The zero-order chi connectivity index (χ0) is 11.7. The van der Waals surface area contributed by atoms with E-state index in [9.17, 15) is 9.59 Å². The standard InChI is InChI=1S/C11H14N2O3/c1-12-6-2-4-8(12)10(14)13-7-3-5-9(13)11(15)16/h2,4,6,9H,3,5,7H2,1H3,(H,15,16)/t9-/m0/s1. The number of nitrogens with zero attached hydrogens (tertiary/aromatic N) is 2. The normalized spacial score (nSPS) is 20.1. The summed E-state index contributed by atoms with van der Waals surface area (Å²) in [6, 6.07) is 2.82. The van der Waals surface area contributed by atoms with Crippen LogP contribution in [0.3, 0.4) is 0 Å². The molecule has 16 heavy (non-hydrogen) atoms. The second kappa shape index (κ2) is 4.00. The number of likely N-dealkylation sites (tertiary alicyclic amines) is 1. The van der Waals surface area contributed by atoms with Crippen molar-refractivity contribution in [1.82, 2.24) is 9.47 Å². The van der Waals surface area contributed by atoms with Gasteiger partial charge in [-0.3, -0.25) is 4.79 Å². The van der Waals surface area contributed by atoms with Crippen molar-refractivity contribution in [2.75, 3.05) is 6.54 Å². The Morgan fingerprint density at radius 2 is 2.25 bits per heavy atom. The van der Waals surface area contributed by atoms with Gasteiger partial charge in [0.05, 0.1) is 0 Å². The van der Waals surface area contributed by atoms with Crippen LogP contribution in [0.5, 0.6) is 0 Å². The average molecular weight is 222 g/mol. The molecule has 1 aromatic rings. The summed E-state index contributed by atoms with van der Waals surface area (Å²) in [6.45, 7) is 0.529. The minimum atomic E-state index is -0.917. The van der Waals surface area contributed by atoms with Crippen LogP contribution in [-0.2, 0) is 11.8 Å². The summed E-state index contributed by atoms with van der Waals surface area (Å²) in [4.78, 5) is 24.5. The van der Waals surface area contributed by atoms with E-state index in [4.69, 9.17) is 5.11 Å². The van der Waals surface area contributed by atoms with E-state index in [0.717, 1.165) is 6.42 Å². The van der Waals surface area contributed by atoms with E-state index in [-0.39, 0.29) is 5.91 Å². The lowest BCUT2D eigenvalue weighted by Gasteiger charge is -2.21. The van der Waals surface area contributed by atoms with Crippen molar-refractivity contribution >= 4 is 11.9 Å². The molecule has 0 radical (unpaired) electrons. The fourth-order valence-electron chi connectivity index (χ4n) is 2.10. The lowest BCUT2D eigenvalue weighted by Crippen LogP contribution is -2.41. The van der Waals surface area contributed by atoms with Gasteiger partial charge in [-0.2, -0.15) is 0 Å². The number of carbonyl (C=O) groups excluding carboxylic acids is 1. The SMILES string of the molecule is Cn1cccc1C(=O)N1CCC[C@H]1C(=O)O. The summed E-state index contributed by atoms with van der Waals surface area (Å²) in [6.07, 6.45) is 3.08. The number of carbonyl (C=O) groups is 2. The van der Waals surface area contributed by atoms with Gasteiger partial charge in [-0.05, 0) is 25.0 Å². The van der Waals surface area contributed by atoms with Crippen LogP contribution in [0, 0.1) is 0 Å². The van der Waals surface area contributed by atoms with Crippen LogP contribution in [0.15, 0.2) is 18.3 Å². The Hall–Kier alpha value is -1.78. The van der Waals surface area contributed by atoms with E-state index >= 15 is 0 Å². The minimum Gasteiger partial charge on any atom is -0.480 e. The van der Waals surface area contributed by atoms with E-state index in [0.29, 0.717) is 18.7 Å². The number of carboxylic acid groups (broad SMARTS) is 1. The molecule has 0 spiro atoms. The number of amides is 1. The monoisotopic (exact) mass is 222 g/mol. The lowest BCUT2D eigenvalue weighted by atomic mass is 10.2. The van der Waals surface area contributed by atoms with Crippen LogP contribution in [0.4, 0.5) is 0 Å². The Morgan fingerprint density at radius 1 is 1.50 bits per heavy atom. The van der Waals surface area contributed by atoms with Gasteiger partial charge in [0, 0.05) is 19.8 Å². The number of carboxylic acids is 1. The Bertz CT molecular complexity index is 425. The molecule has 1 aliphatic rings. The molecule has 86 valence electrons. The summed E-state index contributed by atoms with van der Waals surface area (Å²) in [5.74, 6) is -1.11. The molecule has 1 atom stereocenters. The van der Waals surface area contributed by atoms with E-state index < -0.39 is 12.0 Å². The van der Waals surface area contributed by atoms with Crippen LogP contribution in [0.1, 0.15) is 23.3 Å². The number of rotatable bonds is 2. The maximum Gasteiger partial charge on any atom is 0.326 e. The molecule has 1 aromatic heterocycles. The highest BCUT2D eigenvalue weighted by Crippen LogP contribution is 2.20. The van der Waals surface area contributed by atoms with E-state index in [1.807, 2.05) is 0 Å². The van der Waals surface area contributed by atoms with Crippen LogP contribution in [0.25, 0.3) is 0 Å². The van der Waals surface area contributed by atoms with Crippen LogP contribution in [0.2, 0.25) is 0 Å². The first-order valence-corrected chi connectivity index (χ1v) is 5.26. The van der Waals surface area contributed by atoms with Gasteiger partial charge in [0.2, 0.25) is 0 Å². The molecule has 5 heteroatoms. The van der Waals surface area contributed by atoms with E-state index in [2.05, 4.69) is 0 Å². The first kappa shape index (κ1) is 10.7. The molecule has 0 bridgehead atoms. The first-order valence-electron chi connectivity index (χ1n) is 5.26. The number of hydrogen-bond donors (Lipinski definition) is 1. The fourth-order valence-corrected chi connectivity index (χ4v) is 2.10. The van der Waals surface area contributed by atoms with Crippen molar-refractivity contribution in [2.45, 2.75) is 18.9 Å². The van der Waals surface area contributed by atoms with Gasteiger partial charge in [-0.1, -0.05) is 0 Å². The van der Waals surface area contributed by atoms with Crippen molar-refractivity contribution < 1.29 is 14.7 Å². The van der Waals surface area contributed by atoms with Gasteiger partial charge >= 0.3 is 5.97 Å². The molecule has 2 rings (SSSR count). The number of aryl methyl sites for hydroxylation is 1. The molecule has 0 unspecified atom stereocenters. The zero-order valence-electron chi connectivity index (χ0n) is 9.09. The number of aliphatic carboxylic acids is 1. The van der Waals surface area contributed by atoms with Crippen molar-refractivity contribution in [3.8, 4) is 0 Å². The maximum absolute atomic E-state index is 12.1. The van der Waals surface area contributed by atoms with Crippen molar-refractivity contribution in [3.05, 3.63) is 24.0 Å². The molecule has 0 aromatic carbocycles. The van der Waals surface area contributed by atoms with Gasteiger partial charge in [-0.15, -0.1) is 0 Å². The van der Waals surface area contributed by atoms with E-state index in [1.54, 1.807) is 29.9 Å². The second-order valence-electron chi connectivity index (χ2n) is 4.00. The van der Waals surface area contributed by atoms with Crippen molar-refractivity contribution in [2.24, 2.45) is 7.05 Å². The number of aromatic nitrogens is 1. The molecular weight excluding hydrogens is 208 g/mol. The van der Waals surface area contributed by atoms with Gasteiger partial charge in [-0.25, -0.2) is 4.79 Å². The predicted octanol–water partition coefficient (Wildman–Crippen LogP) is 0.714. The topological polar surface area (TPSA) is 62.5 Å². The van der Waals surface area contributed by atoms with Crippen LogP contribution < -0.4 is 0 Å². The highest BCUT2D eigenvalue weighted by Gasteiger charge is 2.34. The van der Waals surface area contributed by atoms with Crippen LogP contribution >= 0.6 is 0 Å². The molecule has 1 N–H and O–H groups in total. The molecule has 0 aliphatic carbocycles. The Morgan fingerprint density at radius 3 is 2.81 bits per heavy atom. The molecule has 1 amide bonds. The van der Waals surface area contributed by atoms with E-state index in [1.165, 1.54) is 4.90 Å². The van der Waals surface area contributed by atoms with Gasteiger partial charge in [0.15, 0.2) is 0 Å². The summed E-state index contributed by atoms with van der Waals surface area (Å²) in [5.41, 5.74) is 0.535. The summed E-state index contributed by atoms with van der Waals surface area (Å²) in [7, 11) is 1.78. The first-order chi connectivity index (χ1) is 7.61. The Kier molecular flexibility index (Phi) is 2.68. The largest absolute Gasteiger partial charge is 0.480 e. The smallest absolute Gasteiger partial charge is 0.326 e. The van der Waals surface area contributed by atoms with Gasteiger partial charge in [0.25, 0.3) is 5.91 Å². The molecular formula is C11H14N2O3. The van der Waals surface area contributed by atoms with Gasteiger partial charge < -0.3 is 14.6 Å². The summed E-state index contributed by atoms with van der Waals surface area (Å²) >= 11 is 0. The number of hydrogen-bond acceptors (Lipinski definition) is 2. The summed E-state index contributed by atoms with van der Waals surface area (Å²) in [5, 5.41) is 9.00. The molecule has 1 saturated heterocycles. The molecule has 2 heterocycles. The van der Waals surface area contributed by atoms with Crippen molar-refractivity contribution in [1.29, 1.82) is 0 Å². The van der Waals surface area contributed by atoms with Gasteiger partial charge in [0.1, 0.15) is 11.7 Å². The third-order valence-corrected chi connectivity index (χ3v) is 2.96. The summed E-state index contributed by atoms with van der Waals surface area (Å²) < 4.78 is 1.71. The fraction of sp³-hybridized carbons (Fsp3) is 0.455. The highest BCUT2D eigenvalue weighted by atomic mass is 16.4. The molecule has 1 fully saturated rings. The highest BCUT2D eigenvalue weighted by molar-refractivity contribution is 5.95. The Labute approximate surface area is 93.3 Å². The lowest BCUT2D eigenvalue weighted by molar-refractivity contribution is -0.141. The maximum atomic E-state index is 12.1. The van der Waals surface area contributed by atoms with Crippen LogP contribution in [-0.4, -0.2) is 39.0 Å². The quantitative estimate of drug-likeness (QED) is 0.801. The zero-order valence-corrected chi connectivity index (χ0v) is 9.09. The third kappa shape index (κ3) is 1.68. The second-order valence-corrected chi connectivity index (χ2v) is 4.00. The average Bonchev–Trinajstić information content (AvgIpc) is 2.84. The third-order valence-electron chi connectivity index (χ3n) is 2.96.